The number of nitrogens with two attached hydrogens (primary N) is 1. The summed E-state index contributed by atoms with van der Waals surface area (Å²) < 4.78 is 4.53. The number of carbonyl (C=O) groups excluding carboxylic acids is 1. The van der Waals surface area contributed by atoms with Crippen molar-refractivity contribution in [3.05, 3.63) is 48.3 Å². The van der Waals surface area contributed by atoms with E-state index < -0.39 is 6.09 Å². The molecule has 0 aliphatic rings. The Morgan fingerprint density at radius 3 is 2.43 bits per heavy atom. The molecule has 0 spiro atoms. The fourth-order valence-corrected chi connectivity index (χ4v) is 1.67. The molecule has 0 saturated heterocycles. The highest BCUT2D eigenvalue weighted by atomic mass is 16.5. The lowest BCUT2D eigenvalue weighted by Gasteiger charge is -2.06. The summed E-state index contributed by atoms with van der Waals surface area (Å²) in [6, 6.07) is 9.42. The normalized spacial score (nSPS) is 9.33. The minimum Gasteiger partial charge on any atom is -0.453 e. The fourth-order valence-electron chi connectivity index (χ4n) is 1.67. The number of anilines is 1. The molecular weight excluding hydrogens is 266 g/mol. The van der Waals surface area contributed by atoms with Crippen LogP contribution in [0.25, 0.3) is 11.1 Å². The first-order chi connectivity index (χ1) is 10.2. The van der Waals surface area contributed by atoms with Crippen LogP contribution in [0.1, 0.15) is 19.4 Å². The molecule has 1 amide bonds. The van der Waals surface area contributed by atoms with Crippen LogP contribution in [-0.4, -0.2) is 18.2 Å². The first-order valence-electron chi connectivity index (χ1n) is 6.82. The van der Waals surface area contributed by atoms with Crippen molar-refractivity contribution in [1.82, 2.24) is 4.98 Å². The number of rotatable bonds is 3. The van der Waals surface area contributed by atoms with Gasteiger partial charge in [-0.3, -0.25) is 10.3 Å². The quantitative estimate of drug-likeness (QED) is 0.906. The van der Waals surface area contributed by atoms with Gasteiger partial charge in [0.1, 0.15) is 0 Å². The van der Waals surface area contributed by atoms with Gasteiger partial charge >= 0.3 is 6.09 Å². The molecule has 0 saturated carbocycles. The molecule has 0 fully saturated rings. The predicted octanol–water partition coefficient (Wildman–Crippen LogP) is 3.41. The number of aromatic nitrogens is 1. The molecule has 0 bridgehead atoms. The summed E-state index contributed by atoms with van der Waals surface area (Å²) in [6.45, 7) is 4.46. The Balaban J connectivity index is 0.00000106. The molecule has 1 heterocycles. The molecule has 21 heavy (non-hydrogen) atoms. The lowest BCUT2D eigenvalue weighted by atomic mass is 10.1. The molecule has 0 atom stereocenters. The molecule has 0 unspecified atom stereocenters. The molecule has 112 valence electrons. The SMILES string of the molecule is CC.COC(=O)Nc1ccc(-c2cncc(CN)c2)cc1. The van der Waals surface area contributed by atoms with E-state index >= 15 is 0 Å². The summed E-state index contributed by atoms with van der Waals surface area (Å²) in [5.41, 5.74) is 9.26. The second-order valence-electron chi connectivity index (χ2n) is 3.98. The van der Waals surface area contributed by atoms with Gasteiger partial charge in [0.2, 0.25) is 0 Å². The molecular formula is C16H21N3O2. The van der Waals surface area contributed by atoms with E-state index in [0.29, 0.717) is 12.2 Å². The molecule has 1 aromatic carbocycles. The molecule has 5 heteroatoms. The van der Waals surface area contributed by atoms with Gasteiger partial charge in [0.15, 0.2) is 0 Å². The fraction of sp³-hybridized carbons (Fsp3) is 0.250. The number of pyridine rings is 1. The molecule has 2 aromatic rings. The van der Waals surface area contributed by atoms with Gasteiger partial charge in [-0.25, -0.2) is 4.79 Å². The van der Waals surface area contributed by atoms with Crippen molar-refractivity contribution in [1.29, 1.82) is 0 Å². The van der Waals surface area contributed by atoms with Gasteiger partial charge < -0.3 is 10.5 Å². The van der Waals surface area contributed by atoms with Gasteiger partial charge in [-0.2, -0.15) is 0 Å². The Bertz CT molecular complexity index is 568. The maximum Gasteiger partial charge on any atom is 0.411 e. The van der Waals surface area contributed by atoms with Crippen LogP contribution in [0, 0.1) is 0 Å². The Morgan fingerprint density at radius 2 is 1.86 bits per heavy atom. The van der Waals surface area contributed by atoms with Crippen molar-refractivity contribution in [3.8, 4) is 11.1 Å². The minimum absolute atomic E-state index is 0.461. The molecule has 0 radical (unpaired) electrons. The number of nitrogens with one attached hydrogen (secondary N) is 1. The van der Waals surface area contributed by atoms with E-state index in [4.69, 9.17) is 5.73 Å². The summed E-state index contributed by atoms with van der Waals surface area (Å²) in [4.78, 5) is 15.2. The number of methoxy groups -OCH3 is 1. The third kappa shape index (κ3) is 4.89. The van der Waals surface area contributed by atoms with Crippen LogP contribution in [-0.2, 0) is 11.3 Å². The zero-order valence-electron chi connectivity index (χ0n) is 12.6. The molecule has 2 rings (SSSR count). The maximum absolute atomic E-state index is 11.1. The average molecular weight is 287 g/mol. The lowest BCUT2D eigenvalue weighted by Crippen LogP contribution is -2.10. The lowest BCUT2D eigenvalue weighted by molar-refractivity contribution is 0.187. The smallest absolute Gasteiger partial charge is 0.411 e. The van der Waals surface area contributed by atoms with Gasteiger partial charge in [0.05, 0.1) is 7.11 Å². The number of nitrogens with zero attached hydrogens (tertiary/aromatic N) is 1. The molecule has 3 N–H and O–H groups in total. The Morgan fingerprint density at radius 1 is 1.19 bits per heavy atom. The van der Waals surface area contributed by atoms with E-state index in [1.165, 1.54) is 7.11 Å². The number of hydrogen-bond donors (Lipinski definition) is 2. The second-order valence-corrected chi connectivity index (χ2v) is 3.98. The number of amides is 1. The van der Waals surface area contributed by atoms with Crippen LogP contribution < -0.4 is 11.1 Å². The number of carbonyl (C=O) groups is 1. The number of ether oxygens (including phenoxy) is 1. The Hall–Kier alpha value is -2.40. The zero-order valence-corrected chi connectivity index (χ0v) is 12.6. The van der Waals surface area contributed by atoms with E-state index in [2.05, 4.69) is 15.0 Å². The van der Waals surface area contributed by atoms with Crippen LogP contribution in [0.15, 0.2) is 42.7 Å². The summed E-state index contributed by atoms with van der Waals surface area (Å²) >= 11 is 0. The van der Waals surface area contributed by atoms with Crippen LogP contribution in [0.4, 0.5) is 10.5 Å². The molecule has 0 aliphatic heterocycles. The average Bonchev–Trinajstić information content (AvgIpc) is 2.57. The van der Waals surface area contributed by atoms with Gasteiger partial charge in [0, 0.05) is 30.2 Å². The van der Waals surface area contributed by atoms with Crippen molar-refractivity contribution in [2.24, 2.45) is 5.73 Å². The van der Waals surface area contributed by atoms with Gasteiger partial charge in [0.25, 0.3) is 0 Å². The van der Waals surface area contributed by atoms with Crippen molar-refractivity contribution in [2.45, 2.75) is 20.4 Å². The highest BCUT2D eigenvalue weighted by Crippen LogP contribution is 2.21. The first-order valence-corrected chi connectivity index (χ1v) is 6.82. The summed E-state index contributed by atoms with van der Waals surface area (Å²) in [5, 5.41) is 2.60. The van der Waals surface area contributed by atoms with Crippen molar-refractivity contribution in [2.75, 3.05) is 12.4 Å². The maximum atomic E-state index is 11.1. The standard InChI is InChI=1S/C14H15N3O2.C2H6/c1-19-14(18)17-13-4-2-11(3-5-13)12-6-10(7-15)8-16-9-12;1-2/h2-6,8-9H,7,15H2,1H3,(H,17,18);1-2H3. The summed E-state index contributed by atoms with van der Waals surface area (Å²) in [7, 11) is 1.33. The molecule has 0 aliphatic carbocycles. The van der Waals surface area contributed by atoms with E-state index in [9.17, 15) is 4.79 Å². The number of benzene rings is 1. The number of hydrogen-bond acceptors (Lipinski definition) is 4. The van der Waals surface area contributed by atoms with Gasteiger partial charge in [-0.1, -0.05) is 26.0 Å². The summed E-state index contributed by atoms with van der Waals surface area (Å²) in [6.07, 6.45) is 3.04. The third-order valence-electron chi connectivity index (χ3n) is 2.68. The van der Waals surface area contributed by atoms with Crippen LogP contribution >= 0.6 is 0 Å². The van der Waals surface area contributed by atoms with Crippen LogP contribution in [0.2, 0.25) is 0 Å². The monoisotopic (exact) mass is 287 g/mol. The highest BCUT2D eigenvalue weighted by Gasteiger charge is 2.02. The predicted molar refractivity (Wildman–Crippen MR) is 84.9 cm³/mol. The van der Waals surface area contributed by atoms with Crippen LogP contribution in [0.3, 0.4) is 0 Å². The van der Waals surface area contributed by atoms with E-state index in [-0.39, 0.29) is 0 Å². The van der Waals surface area contributed by atoms with Gasteiger partial charge in [-0.05, 0) is 29.3 Å². The Kier molecular flexibility index (Phi) is 6.91. The first kappa shape index (κ1) is 16.7. The highest BCUT2D eigenvalue weighted by molar-refractivity contribution is 5.85. The second kappa shape index (κ2) is 8.71. The van der Waals surface area contributed by atoms with Gasteiger partial charge in [-0.15, -0.1) is 0 Å². The van der Waals surface area contributed by atoms with Crippen LogP contribution in [0.5, 0.6) is 0 Å². The van der Waals surface area contributed by atoms with Crippen molar-refractivity contribution >= 4 is 11.8 Å². The molecule has 5 nitrogen and oxygen atoms in total. The topological polar surface area (TPSA) is 77.2 Å². The Labute approximate surface area is 125 Å². The van der Waals surface area contributed by atoms with E-state index in [0.717, 1.165) is 16.7 Å². The van der Waals surface area contributed by atoms with E-state index in [1.54, 1.807) is 24.5 Å². The van der Waals surface area contributed by atoms with E-state index in [1.807, 2.05) is 32.0 Å². The zero-order chi connectivity index (χ0) is 15.7. The largest absolute Gasteiger partial charge is 0.453 e. The minimum atomic E-state index is -0.487. The van der Waals surface area contributed by atoms with Crippen molar-refractivity contribution < 1.29 is 9.53 Å². The molecule has 1 aromatic heterocycles. The third-order valence-corrected chi connectivity index (χ3v) is 2.68. The van der Waals surface area contributed by atoms with Crippen molar-refractivity contribution in [3.63, 3.8) is 0 Å². The summed E-state index contributed by atoms with van der Waals surface area (Å²) in [5.74, 6) is 0.